The summed E-state index contributed by atoms with van der Waals surface area (Å²) in [7, 11) is 0. The Kier molecular flexibility index (Phi) is 7.76. The van der Waals surface area contributed by atoms with E-state index in [1.165, 1.54) is 6.07 Å². The second kappa shape index (κ2) is 11.1. The number of rotatable bonds is 9. The molecule has 180 valence electrons. The highest BCUT2D eigenvalue weighted by molar-refractivity contribution is 5.72. The summed E-state index contributed by atoms with van der Waals surface area (Å²) in [6.45, 7) is 4.66. The van der Waals surface area contributed by atoms with Gasteiger partial charge >= 0.3 is 0 Å². The molecule has 0 aliphatic rings. The summed E-state index contributed by atoms with van der Waals surface area (Å²) < 4.78 is 55.0. The number of hydrogen-bond acceptors (Lipinski definition) is 2. The fraction of sp³-hybridized carbons (Fsp3) is 0.200. The van der Waals surface area contributed by atoms with Crippen molar-refractivity contribution in [2.75, 3.05) is 6.61 Å². The fourth-order valence-electron chi connectivity index (χ4n) is 3.69. The maximum atomic E-state index is 14.9. The van der Waals surface area contributed by atoms with Gasteiger partial charge in [0, 0.05) is 17.2 Å². The second-order valence-corrected chi connectivity index (χ2v) is 8.43. The zero-order valence-electron chi connectivity index (χ0n) is 19.8. The van der Waals surface area contributed by atoms with Gasteiger partial charge in [-0.1, -0.05) is 79.6 Å². The maximum absolute atomic E-state index is 14.9. The smallest absolute Gasteiger partial charge is 0.168 e. The Morgan fingerprint density at radius 1 is 0.686 bits per heavy atom. The molecule has 0 atom stereocenters. The summed E-state index contributed by atoms with van der Waals surface area (Å²) in [5.74, 6) is -1.64. The highest BCUT2D eigenvalue weighted by Gasteiger charge is 2.16. The lowest BCUT2D eigenvalue weighted by Gasteiger charge is -2.11. The van der Waals surface area contributed by atoms with Crippen LogP contribution in [-0.4, -0.2) is 6.61 Å². The number of halogens is 3. The predicted octanol–water partition coefficient (Wildman–Crippen LogP) is 8.50. The van der Waals surface area contributed by atoms with E-state index >= 15 is 0 Å². The minimum atomic E-state index is -0.885. The normalized spacial score (nSPS) is 10.9. The van der Waals surface area contributed by atoms with Gasteiger partial charge in [-0.3, -0.25) is 0 Å². The van der Waals surface area contributed by atoms with Crippen molar-refractivity contribution in [2.24, 2.45) is 0 Å². The quantitative estimate of drug-likeness (QED) is 0.226. The molecule has 0 saturated carbocycles. The third-order valence-electron chi connectivity index (χ3n) is 5.77. The summed E-state index contributed by atoms with van der Waals surface area (Å²) >= 11 is 0. The van der Waals surface area contributed by atoms with Crippen molar-refractivity contribution in [2.45, 2.75) is 33.3 Å². The molecule has 2 nitrogen and oxygen atoms in total. The Balaban J connectivity index is 1.43. The van der Waals surface area contributed by atoms with Crippen LogP contribution in [0, 0.1) is 24.4 Å². The van der Waals surface area contributed by atoms with Gasteiger partial charge in [0.15, 0.2) is 23.2 Å². The van der Waals surface area contributed by atoms with E-state index in [0.29, 0.717) is 23.5 Å². The number of unbranched alkanes of at least 4 members (excludes halogenated alkanes) is 1. The molecule has 0 aliphatic carbocycles. The van der Waals surface area contributed by atoms with Crippen LogP contribution in [-0.2, 0) is 6.61 Å². The lowest BCUT2D eigenvalue weighted by Crippen LogP contribution is -2.00. The van der Waals surface area contributed by atoms with Crippen molar-refractivity contribution in [1.29, 1.82) is 0 Å². The highest BCUT2D eigenvalue weighted by Crippen LogP contribution is 2.32. The Hall–Kier alpha value is -3.73. The summed E-state index contributed by atoms with van der Waals surface area (Å²) in [6, 6.07) is 22.0. The van der Waals surface area contributed by atoms with Gasteiger partial charge in [0.25, 0.3) is 0 Å². The van der Waals surface area contributed by atoms with Crippen molar-refractivity contribution in [3.05, 3.63) is 107 Å². The molecule has 4 aromatic rings. The fourth-order valence-corrected chi connectivity index (χ4v) is 3.69. The second-order valence-electron chi connectivity index (χ2n) is 8.43. The van der Waals surface area contributed by atoms with Crippen molar-refractivity contribution < 1.29 is 22.6 Å². The van der Waals surface area contributed by atoms with E-state index in [0.717, 1.165) is 24.0 Å². The molecule has 0 heterocycles. The third-order valence-corrected chi connectivity index (χ3v) is 5.77. The summed E-state index contributed by atoms with van der Waals surface area (Å²) in [6.07, 6.45) is 1.84. The van der Waals surface area contributed by atoms with E-state index in [2.05, 4.69) is 0 Å². The van der Waals surface area contributed by atoms with E-state index in [4.69, 9.17) is 9.47 Å². The SMILES string of the molecule is CCCCOc1ccc(OCc2ccc(-c3ccc(-c4ccc(C)cc4)c(F)c3F)cc2)cc1F. The zero-order valence-corrected chi connectivity index (χ0v) is 19.8. The molecule has 4 rings (SSSR count). The van der Waals surface area contributed by atoms with Gasteiger partial charge in [-0.25, -0.2) is 13.2 Å². The first kappa shape index (κ1) is 24.4. The molecule has 35 heavy (non-hydrogen) atoms. The molecular weight excluding hydrogens is 449 g/mol. The molecule has 0 aromatic heterocycles. The largest absolute Gasteiger partial charge is 0.491 e. The number of ether oxygens (including phenoxy) is 2. The van der Waals surface area contributed by atoms with Crippen LogP contribution >= 0.6 is 0 Å². The first-order valence-corrected chi connectivity index (χ1v) is 11.7. The van der Waals surface area contributed by atoms with E-state index in [-0.39, 0.29) is 23.5 Å². The maximum Gasteiger partial charge on any atom is 0.168 e. The van der Waals surface area contributed by atoms with E-state index in [1.54, 1.807) is 60.7 Å². The molecule has 0 unspecified atom stereocenters. The Morgan fingerprint density at radius 2 is 1.29 bits per heavy atom. The first-order valence-electron chi connectivity index (χ1n) is 11.7. The average molecular weight is 477 g/mol. The third kappa shape index (κ3) is 5.86. The van der Waals surface area contributed by atoms with Crippen LogP contribution in [0.2, 0.25) is 0 Å². The van der Waals surface area contributed by atoms with Gasteiger partial charge in [-0.05, 0) is 42.2 Å². The number of benzene rings is 4. The van der Waals surface area contributed by atoms with E-state index in [9.17, 15) is 13.2 Å². The standard InChI is InChI=1S/C30H27F3O2/c1-3-4-17-34-28-16-13-24(18-27(28)31)35-19-21-7-11-23(12-8-21)26-15-14-25(29(32)30(26)33)22-9-5-20(2)6-10-22/h5-16,18H,3-4,17,19H2,1-2H3. The molecule has 4 aromatic carbocycles. The lowest BCUT2D eigenvalue weighted by atomic mass is 9.98. The highest BCUT2D eigenvalue weighted by atomic mass is 19.2. The minimum absolute atomic E-state index is 0.187. The minimum Gasteiger partial charge on any atom is -0.491 e. The van der Waals surface area contributed by atoms with Gasteiger partial charge < -0.3 is 9.47 Å². The van der Waals surface area contributed by atoms with Crippen LogP contribution in [0.25, 0.3) is 22.3 Å². The summed E-state index contributed by atoms with van der Waals surface area (Å²) in [5, 5.41) is 0. The Bertz CT molecular complexity index is 1280. The van der Waals surface area contributed by atoms with Crippen LogP contribution in [0.4, 0.5) is 13.2 Å². The molecule has 0 aliphatic heterocycles. The molecule has 0 amide bonds. The monoisotopic (exact) mass is 476 g/mol. The van der Waals surface area contributed by atoms with E-state index in [1.807, 2.05) is 26.0 Å². The number of hydrogen-bond donors (Lipinski definition) is 0. The molecular formula is C30H27F3O2. The molecule has 5 heteroatoms. The van der Waals surface area contributed by atoms with Gasteiger partial charge in [0.2, 0.25) is 0 Å². The molecule has 0 spiro atoms. The Morgan fingerprint density at radius 3 is 1.86 bits per heavy atom. The number of aryl methyl sites for hydroxylation is 1. The average Bonchev–Trinajstić information content (AvgIpc) is 2.87. The van der Waals surface area contributed by atoms with Crippen LogP contribution in [0.5, 0.6) is 11.5 Å². The van der Waals surface area contributed by atoms with Crippen molar-refractivity contribution in [1.82, 2.24) is 0 Å². The van der Waals surface area contributed by atoms with Crippen LogP contribution < -0.4 is 9.47 Å². The first-order chi connectivity index (χ1) is 17.0. The molecule has 0 N–H and O–H groups in total. The van der Waals surface area contributed by atoms with Gasteiger partial charge in [-0.2, -0.15) is 0 Å². The molecule has 0 fully saturated rings. The van der Waals surface area contributed by atoms with Gasteiger partial charge in [0.1, 0.15) is 12.4 Å². The van der Waals surface area contributed by atoms with Crippen molar-refractivity contribution in [3.8, 4) is 33.8 Å². The Labute approximate surface area is 204 Å². The van der Waals surface area contributed by atoms with Crippen molar-refractivity contribution in [3.63, 3.8) is 0 Å². The van der Waals surface area contributed by atoms with Gasteiger partial charge in [0.05, 0.1) is 6.61 Å². The van der Waals surface area contributed by atoms with Gasteiger partial charge in [-0.15, -0.1) is 0 Å². The van der Waals surface area contributed by atoms with E-state index < -0.39 is 17.5 Å². The topological polar surface area (TPSA) is 18.5 Å². The van der Waals surface area contributed by atoms with Crippen molar-refractivity contribution >= 4 is 0 Å². The molecule has 0 radical (unpaired) electrons. The zero-order chi connectivity index (χ0) is 24.8. The molecule has 0 saturated heterocycles. The summed E-state index contributed by atoms with van der Waals surface area (Å²) in [5.41, 5.74) is 3.46. The molecule has 0 bridgehead atoms. The van der Waals surface area contributed by atoms with Crippen LogP contribution in [0.3, 0.4) is 0 Å². The van der Waals surface area contributed by atoms with Crippen LogP contribution in [0.1, 0.15) is 30.9 Å². The van der Waals surface area contributed by atoms with Crippen LogP contribution in [0.15, 0.2) is 78.9 Å². The lowest BCUT2D eigenvalue weighted by molar-refractivity contribution is 0.286. The summed E-state index contributed by atoms with van der Waals surface area (Å²) in [4.78, 5) is 0. The predicted molar refractivity (Wildman–Crippen MR) is 133 cm³/mol.